The SMILES string of the molecule is CC[C@@H](N)c1ccc(N2CCCCCCC2)cc1. The van der Waals surface area contributed by atoms with Gasteiger partial charge >= 0.3 is 0 Å². The summed E-state index contributed by atoms with van der Waals surface area (Å²) < 4.78 is 0. The fraction of sp³-hybridized carbons (Fsp3) is 0.625. The summed E-state index contributed by atoms with van der Waals surface area (Å²) >= 11 is 0. The van der Waals surface area contributed by atoms with Crippen LogP contribution in [-0.4, -0.2) is 13.1 Å². The number of anilines is 1. The Morgan fingerprint density at radius 2 is 1.56 bits per heavy atom. The maximum atomic E-state index is 6.05. The first kappa shape index (κ1) is 13.4. The fourth-order valence-electron chi connectivity index (χ4n) is 2.67. The Kier molecular flexibility index (Phi) is 5.06. The summed E-state index contributed by atoms with van der Waals surface area (Å²) in [6.07, 6.45) is 7.85. The van der Waals surface area contributed by atoms with Crippen LogP contribution in [0.2, 0.25) is 0 Å². The molecule has 0 amide bonds. The molecule has 0 aliphatic carbocycles. The molecule has 1 aromatic carbocycles. The largest absolute Gasteiger partial charge is 0.372 e. The van der Waals surface area contributed by atoms with Crippen LogP contribution in [0.5, 0.6) is 0 Å². The number of rotatable bonds is 3. The van der Waals surface area contributed by atoms with Gasteiger partial charge in [-0.3, -0.25) is 0 Å². The maximum absolute atomic E-state index is 6.05. The van der Waals surface area contributed by atoms with Gasteiger partial charge in [-0.25, -0.2) is 0 Å². The van der Waals surface area contributed by atoms with Gasteiger partial charge in [-0.2, -0.15) is 0 Å². The molecular weight excluding hydrogens is 220 g/mol. The van der Waals surface area contributed by atoms with E-state index in [1.165, 1.54) is 56.4 Å². The Balaban J connectivity index is 2.02. The lowest BCUT2D eigenvalue weighted by Crippen LogP contribution is -2.26. The first-order chi connectivity index (χ1) is 8.81. The molecule has 0 radical (unpaired) electrons. The van der Waals surface area contributed by atoms with Crippen molar-refractivity contribution < 1.29 is 0 Å². The van der Waals surface area contributed by atoms with Crippen molar-refractivity contribution in [1.82, 2.24) is 0 Å². The van der Waals surface area contributed by atoms with E-state index in [0.29, 0.717) is 0 Å². The molecule has 2 heteroatoms. The van der Waals surface area contributed by atoms with Gasteiger partial charge in [-0.05, 0) is 37.0 Å². The summed E-state index contributed by atoms with van der Waals surface area (Å²) in [5.41, 5.74) is 8.68. The molecule has 0 aromatic heterocycles. The van der Waals surface area contributed by atoms with Gasteiger partial charge in [0.05, 0.1) is 0 Å². The van der Waals surface area contributed by atoms with Crippen LogP contribution in [-0.2, 0) is 0 Å². The molecule has 2 N–H and O–H groups in total. The number of benzene rings is 1. The van der Waals surface area contributed by atoms with Crippen molar-refractivity contribution in [2.45, 2.75) is 51.5 Å². The van der Waals surface area contributed by atoms with Crippen molar-refractivity contribution in [2.24, 2.45) is 5.73 Å². The molecule has 1 aromatic rings. The minimum atomic E-state index is 0.186. The van der Waals surface area contributed by atoms with Crippen molar-refractivity contribution in [3.8, 4) is 0 Å². The van der Waals surface area contributed by atoms with Gasteiger partial charge in [0.1, 0.15) is 0 Å². The highest BCUT2D eigenvalue weighted by molar-refractivity contribution is 5.48. The Morgan fingerprint density at radius 3 is 2.11 bits per heavy atom. The molecule has 0 spiro atoms. The van der Waals surface area contributed by atoms with Gasteiger partial charge in [0.25, 0.3) is 0 Å². The van der Waals surface area contributed by atoms with Crippen molar-refractivity contribution in [3.63, 3.8) is 0 Å². The Morgan fingerprint density at radius 1 is 1.00 bits per heavy atom. The third-order valence-corrected chi connectivity index (χ3v) is 3.98. The standard InChI is InChI=1S/C16H26N2/c1-2-16(17)14-8-10-15(11-9-14)18-12-6-4-3-5-7-13-18/h8-11,16H,2-7,12-13,17H2,1H3/t16-/m1/s1. The van der Waals surface area contributed by atoms with E-state index in [9.17, 15) is 0 Å². The van der Waals surface area contributed by atoms with Gasteiger partial charge in [0.15, 0.2) is 0 Å². The third-order valence-electron chi connectivity index (χ3n) is 3.98. The first-order valence-corrected chi connectivity index (χ1v) is 7.41. The smallest absolute Gasteiger partial charge is 0.0366 e. The van der Waals surface area contributed by atoms with Crippen LogP contribution in [0.25, 0.3) is 0 Å². The lowest BCUT2D eigenvalue weighted by Gasteiger charge is -2.27. The molecule has 1 fully saturated rings. The summed E-state index contributed by atoms with van der Waals surface area (Å²) in [5, 5.41) is 0. The second-order valence-electron chi connectivity index (χ2n) is 5.36. The van der Waals surface area contributed by atoms with Gasteiger partial charge in [0, 0.05) is 24.8 Å². The zero-order valence-corrected chi connectivity index (χ0v) is 11.6. The van der Waals surface area contributed by atoms with E-state index in [1.54, 1.807) is 0 Å². The van der Waals surface area contributed by atoms with Crippen molar-refractivity contribution in [3.05, 3.63) is 29.8 Å². The highest BCUT2D eigenvalue weighted by Crippen LogP contribution is 2.22. The number of nitrogens with zero attached hydrogens (tertiary/aromatic N) is 1. The summed E-state index contributed by atoms with van der Waals surface area (Å²) in [6, 6.07) is 9.06. The molecule has 100 valence electrons. The van der Waals surface area contributed by atoms with Crippen LogP contribution >= 0.6 is 0 Å². The minimum Gasteiger partial charge on any atom is -0.372 e. The van der Waals surface area contributed by atoms with Gasteiger partial charge in [-0.1, -0.05) is 38.3 Å². The lowest BCUT2D eigenvalue weighted by molar-refractivity contribution is 0.556. The molecule has 1 atom stereocenters. The van der Waals surface area contributed by atoms with Crippen LogP contribution in [0, 0.1) is 0 Å². The van der Waals surface area contributed by atoms with E-state index in [2.05, 4.69) is 36.1 Å². The van der Waals surface area contributed by atoms with Gasteiger partial charge in [-0.15, -0.1) is 0 Å². The molecule has 2 nitrogen and oxygen atoms in total. The molecule has 0 saturated carbocycles. The van der Waals surface area contributed by atoms with E-state index >= 15 is 0 Å². The summed E-state index contributed by atoms with van der Waals surface area (Å²) in [5.74, 6) is 0. The molecule has 18 heavy (non-hydrogen) atoms. The maximum Gasteiger partial charge on any atom is 0.0366 e. The number of hydrogen-bond donors (Lipinski definition) is 1. The first-order valence-electron chi connectivity index (χ1n) is 7.41. The van der Waals surface area contributed by atoms with Crippen molar-refractivity contribution in [1.29, 1.82) is 0 Å². The van der Waals surface area contributed by atoms with Crippen LogP contribution in [0.1, 0.15) is 57.1 Å². The van der Waals surface area contributed by atoms with E-state index in [0.717, 1.165) is 6.42 Å². The predicted octanol–water partition coefficient (Wildman–Crippen LogP) is 3.87. The van der Waals surface area contributed by atoms with Crippen LogP contribution in [0.15, 0.2) is 24.3 Å². The predicted molar refractivity (Wildman–Crippen MR) is 79.0 cm³/mol. The van der Waals surface area contributed by atoms with Gasteiger partial charge < -0.3 is 10.6 Å². The Bertz CT molecular complexity index is 337. The molecule has 1 saturated heterocycles. The second kappa shape index (κ2) is 6.79. The third kappa shape index (κ3) is 3.49. The molecule has 1 aliphatic rings. The average molecular weight is 246 g/mol. The molecule has 1 heterocycles. The summed E-state index contributed by atoms with van der Waals surface area (Å²) in [6.45, 7) is 4.55. The van der Waals surface area contributed by atoms with Crippen molar-refractivity contribution in [2.75, 3.05) is 18.0 Å². The lowest BCUT2D eigenvalue weighted by atomic mass is 10.0. The summed E-state index contributed by atoms with van der Waals surface area (Å²) in [7, 11) is 0. The van der Waals surface area contributed by atoms with E-state index < -0.39 is 0 Å². The van der Waals surface area contributed by atoms with Crippen LogP contribution < -0.4 is 10.6 Å². The topological polar surface area (TPSA) is 29.3 Å². The highest BCUT2D eigenvalue weighted by Gasteiger charge is 2.09. The zero-order chi connectivity index (χ0) is 12.8. The molecule has 2 rings (SSSR count). The monoisotopic (exact) mass is 246 g/mol. The van der Waals surface area contributed by atoms with Crippen LogP contribution in [0.3, 0.4) is 0 Å². The molecule has 0 unspecified atom stereocenters. The Hall–Kier alpha value is -1.02. The Labute approximate surface area is 111 Å². The molecular formula is C16H26N2. The molecule has 0 bridgehead atoms. The molecule has 1 aliphatic heterocycles. The summed E-state index contributed by atoms with van der Waals surface area (Å²) in [4.78, 5) is 2.53. The number of nitrogens with two attached hydrogens (primary N) is 1. The number of hydrogen-bond acceptors (Lipinski definition) is 2. The zero-order valence-electron chi connectivity index (χ0n) is 11.6. The highest BCUT2D eigenvalue weighted by atomic mass is 15.1. The normalized spacial score (nSPS) is 19.1. The van der Waals surface area contributed by atoms with Crippen molar-refractivity contribution >= 4 is 5.69 Å². The fourth-order valence-corrected chi connectivity index (χ4v) is 2.67. The quantitative estimate of drug-likeness (QED) is 0.877. The average Bonchev–Trinajstić information content (AvgIpc) is 2.38. The minimum absolute atomic E-state index is 0.186. The second-order valence-corrected chi connectivity index (χ2v) is 5.36. The van der Waals surface area contributed by atoms with E-state index in [4.69, 9.17) is 5.73 Å². The van der Waals surface area contributed by atoms with E-state index in [-0.39, 0.29) is 6.04 Å². The van der Waals surface area contributed by atoms with E-state index in [1.807, 2.05) is 0 Å². The van der Waals surface area contributed by atoms with Crippen LogP contribution in [0.4, 0.5) is 5.69 Å². The van der Waals surface area contributed by atoms with Gasteiger partial charge in [0.2, 0.25) is 0 Å².